The molecule has 178 valence electrons. The molecule has 2 amide bonds. The molecule has 0 atom stereocenters. The van der Waals surface area contributed by atoms with Crippen LogP contribution in [0.25, 0.3) is 0 Å². The summed E-state index contributed by atoms with van der Waals surface area (Å²) in [7, 11) is -3.19. The number of fused-ring (bicyclic) bond motifs is 1. The summed E-state index contributed by atoms with van der Waals surface area (Å²) in [5, 5.41) is 0. The molecule has 1 saturated heterocycles. The Morgan fingerprint density at radius 2 is 1.84 bits per heavy atom. The third-order valence-electron chi connectivity index (χ3n) is 5.44. The van der Waals surface area contributed by atoms with Crippen LogP contribution in [0.15, 0.2) is 18.2 Å². The highest BCUT2D eigenvalue weighted by molar-refractivity contribution is 7.88. The van der Waals surface area contributed by atoms with Gasteiger partial charge in [-0.1, -0.05) is 6.07 Å². The van der Waals surface area contributed by atoms with E-state index < -0.39 is 21.7 Å². The Kier molecular flexibility index (Phi) is 7.34. The summed E-state index contributed by atoms with van der Waals surface area (Å²) in [5.74, 6) is 0.656. The molecule has 0 aliphatic carbocycles. The van der Waals surface area contributed by atoms with Crippen molar-refractivity contribution in [3.05, 3.63) is 29.3 Å². The van der Waals surface area contributed by atoms with E-state index in [-0.39, 0.29) is 12.5 Å². The normalized spacial score (nSPS) is 17.8. The Labute approximate surface area is 190 Å². The molecular weight excluding hydrogens is 434 g/mol. The average Bonchev–Trinajstić information content (AvgIpc) is 2.69. The lowest BCUT2D eigenvalue weighted by Crippen LogP contribution is -2.53. The van der Waals surface area contributed by atoms with Crippen LogP contribution in [-0.4, -0.2) is 85.7 Å². The number of carbonyl (C=O) groups excluding carboxylic acids is 2. The number of ether oxygens (including phenoxy) is 2. The third kappa shape index (κ3) is 6.59. The molecule has 1 aromatic carbocycles. The Bertz CT molecular complexity index is 957. The Hall–Kier alpha value is -2.33. The Morgan fingerprint density at radius 1 is 1.09 bits per heavy atom. The summed E-state index contributed by atoms with van der Waals surface area (Å²) in [6, 6.07) is 5.75. The maximum Gasteiger partial charge on any atom is 0.410 e. The van der Waals surface area contributed by atoms with Gasteiger partial charge in [0.05, 0.1) is 12.9 Å². The minimum atomic E-state index is -3.19. The van der Waals surface area contributed by atoms with Crippen molar-refractivity contribution in [1.82, 2.24) is 14.1 Å². The second-order valence-electron chi connectivity index (χ2n) is 9.26. The molecule has 0 aromatic heterocycles. The molecule has 32 heavy (non-hydrogen) atoms. The molecule has 3 rings (SSSR count). The van der Waals surface area contributed by atoms with Crippen molar-refractivity contribution in [1.29, 1.82) is 0 Å². The first kappa shape index (κ1) is 24.3. The van der Waals surface area contributed by atoms with Gasteiger partial charge in [-0.3, -0.25) is 9.69 Å². The maximum atomic E-state index is 12.4. The highest BCUT2D eigenvalue weighted by Crippen LogP contribution is 2.25. The van der Waals surface area contributed by atoms with Crippen LogP contribution in [0.1, 0.15) is 38.3 Å². The average molecular weight is 468 g/mol. The first-order valence-corrected chi connectivity index (χ1v) is 12.7. The van der Waals surface area contributed by atoms with Crippen molar-refractivity contribution >= 4 is 22.0 Å². The van der Waals surface area contributed by atoms with Gasteiger partial charge in [-0.15, -0.1) is 0 Å². The molecule has 1 aromatic rings. The van der Waals surface area contributed by atoms with Crippen LogP contribution < -0.4 is 4.74 Å². The summed E-state index contributed by atoms with van der Waals surface area (Å²) < 4.78 is 36.2. The molecule has 9 nitrogen and oxygen atoms in total. The molecule has 0 N–H and O–H groups in total. The number of nitrogens with zero attached hydrogens (tertiary/aromatic N) is 3. The van der Waals surface area contributed by atoms with Gasteiger partial charge in [0.25, 0.3) is 0 Å². The van der Waals surface area contributed by atoms with E-state index in [0.29, 0.717) is 52.2 Å². The standard InChI is InChI=1S/C22H33N3O6S/c1-22(2,3)31-21(27)24-12-11-23(20(26)16-24)9-5-13-30-19-7-6-18-15-25(32(4,28)29)10-8-17(18)14-19/h6-7,14H,5,8-13,15-16H2,1-4H3. The van der Waals surface area contributed by atoms with Gasteiger partial charge < -0.3 is 14.4 Å². The van der Waals surface area contributed by atoms with Gasteiger partial charge in [0.15, 0.2) is 0 Å². The summed E-state index contributed by atoms with van der Waals surface area (Å²) >= 11 is 0. The predicted molar refractivity (Wildman–Crippen MR) is 120 cm³/mol. The topological polar surface area (TPSA) is 96.5 Å². The molecule has 2 aliphatic heterocycles. The monoisotopic (exact) mass is 467 g/mol. The minimum Gasteiger partial charge on any atom is -0.494 e. The van der Waals surface area contributed by atoms with Crippen LogP contribution in [-0.2, 0) is 32.5 Å². The smallest absolute Gasteiger partial charge is 0.410 e. The van der Waals surface area contributed by atoms with E-state index in [2.05, 4.69) is 0 Å². The number of benzene rings is 1. The first-order valence-electron chi connectivity index (χ1n) is 10.9. The van der Waals surface area contributed by atoms with Gasteiger partial charge in [-0.25, -0.2) is 13.2 Å². The van der Waals surface area contributed by atoms with E-state index in [1.165, 1.54) is 15.5 Å². The van der Waals surface area contributed by atoms with Gasteiger partial charge >= 0.3 is 6.09 Å². The second-order valence-corrected chi connectivity index (χ2v) is 11.2. The van der Waals surface area contributed by atoms with Crippen LogP contribution >= 0.6 is 0 Å². The van der Waals surface area contributed by atoms with Crippen LogP contribution in [0.5, 0.6) is 5.75 Å². The van der Waals surface area contributed by atoms with E-state index >= 15 is 0 Å². The zero-order valence-electron chi connectivity index (χ0n) is 19.3. The molecule has 2 aliphatic rings. The fourth-order valence-corrected chi connectivity index (χ4v) is 4.55. The van der Waals surface area contributed by atoms with E-state index in [1.807, 2.05) is 18.2 Å². The summed E-state index contributed by atoms with van der Waals surface area (Å²) in [5.41, 5.74) is 1.52. The van der Waals surface area contributed by atoms with Gasteiger partial charge in [0.2, 0.25) is 15.9 Å². The highest BCUT2D eigenvalue weighted by atomic mass is 32.2. The van der Waals surface area contributed by atoms with E-state index in [1.54, 1.807) is 25.7 Å². The van der Waals surface area contributed by atoms with Crippen molar-refractivity contribution in [3.63, 3.8) is 0 Å². The largest absolute Gasteiger partial charge is 0.494 e. The van der Waals surface area contributed by atoms with Gasteiger partial charge in [-0.05, 0) is 56.9 Å². The number of piperazine rings is 1. The number of sulfonamides is 1. The number of hydrogen-bond acceptors (Lipinski definition) is 6. The third-order valence-corrected chi connectivity index (χ3v) is 6.69. The summed E-state index contributed by atoms with van der Waals surface area (Å²) in [4.78, 5) is 27.7. The molecular formula is C22H33N3O6S. The minimum absolute atomic E-state index is 0.0328. The highest BCUT2D eigenvalue weighted by Gasteiger charge is 2.30. The quantitative estimate of drug-likeness (QED) is 0.593. The molecule has 0 radical (unpaired) electrons. The lowest BCUT2D eigenvalue weighted by atomic mass is 10.0. The van der Waals surface area contributed by atoms with Crippen molar-refractivity contribution in [2.45, 2.75) is 45.8 Å². The molecule has 0 saturated carbocycles. The first-order chi connectivity index (χ1) is 14.9. The van der Waals surface area contributed by atoms with E-state index in [4.69, 9.17) is 9.47 Å². The summed E-state index contributed by atoms with van der Waals surface area (Å²) in [6.45, 7) is 8.28. The number of hydrogen-bond donors (Lipinski definition) is 0. The van der Waals surface area contributed by atoms with Crippen LogP contribution in [0.2, 0.25) is 0 Å². The molecule has 1 fully saturated rings. The predicted octanol–water partition coefficient (Wildman–Crippen LogP) is 1.85. The molecule has 0 bridgehead atoms. The molecule has 0 spiro atoms. The maximum absolute atomic E-state index is 12.4. The lowest BCUT2D eigenvalue weighted by Gasteiger charge is -2.35. The Morgan fingerprint density at radius 3 is 2.50 bits per heavy atom. The second kappa shape index (κ2) is 9.66. The van der Waals surface area contributed by atoms with Crippen molar-refractivity contribution < 1.29 is 27.5 Å². The van der Waals surface area contributed by atoms with Crippen LogP contribution in [0.4, 0.5) is 4.79 Å². The van der Waals surface area contributed by atoms with Crippen molar-refractivity contribution in [2.75, 3.05) is 45.6 Å². The fourth-order valence-electron chi connectivity index (χ4n) is 3.75. The van der Waals surface area contributed by atoms with Crippen LogP contribution in [0, 0.1) is 0 Å². The number of rotatable bonds is 6. The van der Waals surface area contributed by atoms with Gasteiger partial charge in [0.1, 0.15) is 17.9 Å². The SMILES string of the molecule is CC(C)(C)OC(=O)N1CCN(CCCOc2ccc3c(c2)CCN(S(C)(=O)=O)C3)C(=O)C1. The Balaban J connectivity index is 1.42. The van der Waals surface area contributed by atoms with Crippen molar-refractivity contribution in [3.8, 4) is 5.75 Å². The molecule has 2 heterocycles. The van der Waals surface area contributed by atoms with Gasteiger partial charge in [0, 0.05) is 32.7 Å². The zero-order chi connectivity index (χ0) is 23.5. The van der Waals surface area contributed by atoms with E-state index in [0.717, 1.165) is 16.9 Å². The molecule has 0 unspecified atom stereocenters. The van der Waals surface area contributed by atoms with Crippen LogP contribution in [0.3, 0.4) is 0 Å². The number of carbonyl (C=O) groups is 2. The van der Waals surface area contributed by atoms with Crippen molar-refractivity contribution in [2.24, 2.45) is 0 Å². The van der Waals surface area contributed by atoms with E-state index in [9.17, 15) is 18.0 Å². The van der Waals surface area contributed by atoms with Gasteiger partial charge in [-0.2, -0.15) is 4.31 Å². The fraction of sp³-hybridized carbons (Fsp3) is 0.636. The lowest BCUT2D eigenvalue weighted by molar-refractivity contribution is -0.136. The summed E-state index contributed by atoms with van der Waals surface area (Å²) in [6.07, 6.45) is 2.12. The zero-order valence-corrected chi connectivity index (χ0v) is 20.1. The number of amides is 2. The molecule has 10 heteroatoms.